The predicted molar refractivity (Wildman–Crippen MR) is 71.3 cm³/mol. The highest BCUT2D eigenvalue weighted by atomic mass is 19.1. The summed E-state index contributed by atoms with van der Waals surface area (Å²) in [6, 6.07) is 4.30. The van der Waals surface area contributed by atoms with E-state index < -0.39 is 22.0 Å². The van der Waals surface area contributed by atoms with Crippen molar-refractivity contribution < 1.29 is 9.31 Å². The topological polar surface area (TPSA) is 69.2 Å². The largest absolute Gasteiger partial charge is 0.325 e. The molecule has 0 bridgehead atoms. The van der Waals surface area contributed by atoms with Gasteiger partial charge in [0.15, 0.2) is 0 Å². The summed E-state index contributed by atoms with van der Waals surface area (Å²) in [5.74, 6) is -0.212. The minimum absolute atomic E-state index is 0.353. The number of hydrogen-bond donors (Lipinski definition) is 1. The molecule has 1 aliphatic rings. The number of nitrogens with two attached hydrogens (primary N) is 1. The molecule has 0 heterocycles. The molecule has 2 N–H and O–H groups in total. The van der Waals surface area contributed by atoms with Gasteiger partial charge in [0.25, 0.3) is 0 Å². The van der Waals surface area contributed by atoms with Gasteiger partial charge in [-0.2, -0.15) is 4.39 Å². The first kappa shape index (κ1) is 13.9. The van der Waals surface area contributed by atoms with Crippen molar-refractivity contribution >= 4 is 5.69 Å². The van der Waals surface area contributed by atoms with Crippen molar-refractivity contribution in [3.8, 4) is 0 Å². The quantitative estimate of drug-likeness (QED) is 0.674. The van der Waals surface area contributed by atoms with Crippen molar-refractivity contribution in [2.45, 2.75) is 44.6 Å². The number of benzene rings is 1. The minimum Gasteiger partial charge on any atom is -0.325 e. The number of halogens is 1. The Hall–Kier alpha value is -1.49. The lowest BCUT2D eigenvalue weighted by molar-refractivity contribution is -0.387. The molecule has 0 amide bonds. The fraction of sp³-hybridized carbons (Fsp3) is 0.571. The molecule has 19 heavy (non-hydrogen) atoms. The Balaban J connectivity index is 2.23. The molecule has 1 saturated carbocycles. The molecule has 0 spiro atoms. The van der Waals surface area contributed by atoms with Crippen molar-refractivity contribution in [2.75, 3.05) is 0 Å². The van der Waals surface area contributed by atoms with Crippen LogP contribution < -0.4 is 5.73 Å². The average molecular weight is 266 g/mol. The predicted octanol–water partition coefficient (Wildman–Crippen LogP) is 3.18. The molecule has 2 rings (SSSR count). The summed E-state index contributed by atoms with van der Waals surface area (Å²) in [5.41, 5.74) is 5.79. The van der Waals surface area contributed by atoms with Gasteiger partial charge < -0.3 is 5.73 Å². The van der Waals surface area contributed by atoms with Gasteiger partial charge in [0.05, 0.1) is 4.92 Å². The average Bonchev–Trinajstić information content (AvgIpc) is 2.30. The second-order valence-electron chi connectivity index (χ2n) is 5.75. The summed E-state index contributed by atoms with van der Waals surface area (Å²) in [7, 11) is 0. The van der Waals surface area contributed by atoms with Gasteiger partial charge in [0, 0.05) is 11.6 Å². The van der Waals surface area contributed by atoms with Crippen LogP contribution in [0.1, 0.15) is 38.2 Å². The molecule has 0 radical (unpaired) electrons. The first-order valence-electron chi connectivity index (χ1n) is 6.62. The van der Waals surface area contributed by atoms with Crippen molar-refractivity contribution in [1.82, 2.24) is 0 Å². The summed E-state index contributed by atoms with van der Waals surface area (Å²) >= 11 is 0. The van der Waals surface area contributed by atoms with Gasteiger partial charge in [-0.05, 0) is 30.7 Å². The Labute approximate surface area is 112 Å². The highest BCUT2D eigenvalue weighted by molar-refractivity contribution is 5.37. The number of nitro groups is 1. The lowest BCUT2D eigenvalue weighted by Crippen LogP contribution is -2.46. The third-order valence-corrected chi connectivity index (χ3v) is 3.92. The second-order valence-corrected chi connectivity index (χ2v) is 5.75. The van der Waals surface area contributed by atoms with E-state index in [9.17, 15) is 14.5 Å². The molecule has 1 aromatic rings. The van der Waals surface area contributed by atoms with Crippen LogP contribution in [0.15, 0.2) is 18.2 Å². The van der Waals surface area contributed by atoms with Crippen molar-refractivity contribution in [3.63, 3.8) is 0 Å². The van der Waals surface area contributed by atoms with Crippen LogP contribution in [0.5, 0.6) is 0 Å². The molecule has 0 aliphatic heterocycles. The summed E-state index contributed by atoms with van der Waals surface area (Å²) < 4.78 is 14.0. The zero-order chi connectivity index (χ0) is 14.0. The SMILES string of the molecule is CC1CCCC(N)(Cc2cccc([N+](=O)[O-])c2F)C1. The van der Waals surface area contributed by atoms with E-state index in [1.54, 1.807) is 6.07 Å². The van der Waals surface area contributed by atoms with Crippen molar-refractivity contribution in [1.29, 1.82) is 0 Å². The molecule has 1 fully saturated rings. The Morgan fingerprint density at radius 1 is 1.58 bits per heavy atom. The summed E-state index contributed by atoms with van der Waals surface area (Å²) in [6.45, 7) is 2.14. The summed E-state index contributed by atoms with van der Waals surface area (Å²) in [6.07, 6.45) is 4.24. The van der Waals surface area contributed by atoms with Crippen molar-refractivity contribution in [3.05, 3.63) is 39.7 Å². The molecule has 2 atom stereocenters. The standard InChI is InChI=1S/C14H19FN2O2/c1-10-4-3-7-14(16,8-10)9-11-5-2-6-12(13(11)15)17(18)19/h2,5-6,10H,3-4,7-9,16H2,1H3. The third-order valence-electron chi connectivity index (χ3n) is 3.92. The summed E-state index contributed by atoms with van der Waals surface area (Å²) in [4.78, 5) is 10.0. The molecule has 1 aromatic carbocycles. The zero-order valence-electron chi connectivity index (χ0n) is 11.1. The molecule has 1 aliphatic carbocycles. The number of rotatable bonds is 3. The highest BCUT2D eigenvalue weighted by Crippen LogP contribution is 2.34. The van der Waals surface area contributed by atoms with Gasteiger partial charge in [-0.3, -0.25) is 10.1 Å². The van der Waals surface area contributed by atoms with Crippen LogP contribution in [0.25, 0.3) is 0 Å². The van der Waals surface area contributed by atoms with Crippen LogP contribution in [-0.4, -0.2) is 10.5 Å². The maximum absolute atomic E-state index is 14.0. The number of hydrogen-bond acceptors (Lipinski definition) is 3. The monoisotopic (exact) mass is 266 g/mol. The maximum atomic E-state index is 14.0. The van der Waals surface area contributed by atoms with Crippen LogP contribution in [0.3, 0.4) is 0 Å². The van der Waals surface area contributed by atoms with E-state index in [0.717, 1.165) is 25.7 Å². The highest BCUT2D eigenvalue weighted by Gasteiger charge is 2.32. The number of nitrogens with zero attached hydrogens (tertiary/aromatic N) is 1. The second kappa shape index (κ2) is 5.25. The van der Waals surface area contributed by atoms with Gasteiger partial charge in [-0.1, -0.05) is 31.9 Å². The van der Waals surface area contributed by atoms with Crippen LogP contribution in [0.4, 0.5) is 10.1 Å². The molecular formula is C14H19FN2O2. The van der Waals surface area contributed by atoms with Crippen LogP contribution in [0, 0.1) is 21.8 Å². The van der Waals surface area contributed by atoms with E-state index in [4.69, 9.17) is 5.73 Å². The maximum Gasteiger partial charge on any atom is 0.305 e. The van der Waals surface area contributed by atoms with Gasteiger partial charge in [-0.25, -0.2) is 0 Å². The third kappa shape index (κ3) is 3.10. The van der Waals surface area contributed by atoms with E-state index in [2.05, 4.69) is 6.92 Å². The molecule has 4 nitrogen and oxygen atoms in total. The van der Waals surface area contributed by atoms with E-state index in [-0.39, 0.29) is 0 Å². The Bertz CT molecular complexity index is 492. The van der Waals surface area contributed by atoms with Crippen LogP contribution in [-0.2, 0) is 6.42 Å². The fourth-order valence-corrected chi connectivity index (χ4v) is 3.08. The van der Waals surface area contributed by atoms with E-state index in [1.165, 1.54) is 12.1 Å². The van der Waals surface area contributed by atoms with Crippen molar-refractivity contribution in [2.24, 2.45) is 11.7 Å². The Morgan fingerprint density at radius 3 is 2.95 bits per heavy atom. The first-order valence-corrected chi connectivity index (χ1v) is 6.62. The fourth-order valence-electron chi connectivity index (χ4n) is 3.08. The smallest absolute Gasteiger partial charge is 0.305 e. The molecular weight excluding hydrogens is 247 g/mol. The first-order chi connectivity index (χ1) is 8.91. The molecule has 5 heteroatoms. The zero-order valence-corrected chi connectivity index (χ0v) is 11.1. The molecule has 104 valence electrons. The van der Waals surface area contributed by atoms with Crippen LogP contribution in [0.2, 0.25) is 0 Å². The molecule has 2 unspecified atom stereocenters. The Kier molecular flexibility index (Phi) is 3.85. The van der Waals surface area contributed by atoms with Gasteiger partial charge in [0.2, 0.25) is 5.82 Å². The Morgan fingerprint density at radius 2 is 2.32 bits per heavy atom. The lowest BCUT2D eigenvalue weighted by atomic mass is 9.74. The lowest BCUT2D eigenvalue weighted by Gasteiger charge is -2.37. The van der Waals surface area contributed by atoms with E-state index in [0.29, 0.717) is 17.9 Å². The summed E-state index contributed by atoms with van der Waals surface area (Å²) in [5, 5.41) is 10.7. The van der Waals surface area contributed by atoms with E-state index >= 15 is 0 Å². The number of nitro benzene ring substituents is 1. The van der Waals surface area contributed by atoms with Crippen LogP contribution >= 0.6 is 0 Å². The van der Waals surface area contributed by atoms with Gasteiger partial charge >= 0.3 is 5.69 Å². The van der Waals surface area contributed by atoms with Gasteiger partial charge in [0.1, 0.15) is 0 Å². The minimum atomic E-state index is -0.740. The van der Waals surface area contributed by atoms with E-state index in [1.807, 2.05) is 0 Å². The van der Waals surface area contributed by atoms with Gasteiger partial charge in [-0.15, -0.1) is 0 Å². The normalized spacial score (nSPS) is 27.2. The molecule has 0 saturated heterocycles. The molecule has 0 aromatic heterocycles.